The molecule has 0 spiro atoms. The number of nitrogens with one attached hydrogen (secondary N) is 1. The maximum absolute atomic E-state index is 16.2. The van der Waals surface area contributed by atoms with Gasteiger partial charge in [0.05, 0.1) is 40.5 Å². The normalized spacial score (nSPS) is 19.7. The van der Waals surface area contributed by atoms with Crippen LogP contribution in [0.3, 0.4) is 0 Å². The zero-order valence-corrected chi connectivity index (χ0v) is 42.4. The summed E-state index contributed by atoms with van der Waals surface area (Å²) in [6.45, 7) is 12.8. The number of ether oxygens (including phenoxy) is 2. The van der Waals surface area contributed by atoms with Gasteiger partial charge in [0.1, 0.15) is 42.3 Å². The number of benzene rings is 3. The molecule has 71 heavy (non-hydrogen) atoms. The molecule has 3 aromatic carbocycles. The van der Waals surface area contributed by atoms with Crippen LogP contribution in [-0.4, -0.2) is 92.6 Å². The molecule has 3 aliphatic rings. The van der Waals surface area contributed by atoms with Crippen LogP contribution in [0.4, 0.5) is 13.2 Å². The van der Waals surface area contributed by atoms with Gasteiger partial charge in [0.15, 0.2) is 5.78 Å². The molecule has 0 radical (unpaired) electrons. The summed E-state index contributed by atoms with van der Waals surface area (Å²) in [5, 5.41) is 13.6. The summed E-state index contributed by atoms with van der Waals surface area (Å²) >= 11 is 1.57. The number of carbonyl (C=O) groups excluding carboxylic acids is 3. The van der Waals surface area contributed by atoms with Crippen LogP contribution in [0.5, 0.6) is 5.75 Å². The molecular weight excluding hydrogens is 928 g/mol. The third kappa shape index (κ3) is 12.1. The minimum atomic E-state index is -1.59. The molecular formula is C56H64F3N5O6S. The van der Waals surface area contributed by atoms with E-state index in [1.54, 1.807) is 23.6 Å². The quantitative estimate of drug-likeness (QED) is 0.0824. The Kier molecular flexibility index (Phi) is 15.7. The van der Waals surface area contributed by atoms with E-state index in [-0.39, 0.29) is 87.2 Å². The number of aryl methyl sites for hydroxylation is 1. The molecule has 5 aromatic rings. The molecule has 2 aromatic heterocycles. The van der Waals surface area contributed by atoms with E-state index in [0.29, 0.717) is 25.0 Å². The minimum Gasteiger partial charge on any atom is -0.487 e. The van der Waals surface area contributed by atoms with Crippen molar-refractivity contribution >= 4 is 34.5 Å². The second-order valence-corrected chi connectivity index (χ2v) is 21.8. The van der Waals surface area contributed by atoms with Gasteiger partial charge >= 0.3 is 0 Å². The highest BCUT2D eigenvalue weighted by atomic mass is 32.1. The number of amides is 2. The van der Waals surface area contributed by atoms with Gasteiger partial charge in [0.25, 0.3) is 0 Å². The number of aliphatic hydroxyl groups is 1. The van der Waals surface area contributed by atoms with Gasteiger partial charge in [-0.2, -0.15) is 0 Å². The van der Waals surface area contributed by atoms with Crippen molar-refractivity contribution in [3.05, 3.63) is 141 Å². The zero-order valence-electron chi connectivity index (χ0n) is 41.6. The number of rotatable bonds is 18. The molecule has 0 saturated carbocycles. The average Bonchev–Trinajstić information content (AvgIpc) is 4.04. The lowest BCUT2D eigenvalue weighted by Gasteiger charge is -2.44. The SMILES string of the molecule is Cc1ncsc1-c1ccc(CNC(=O)[C@@H]2C[C@@H](O)CN2C(=O)[C@@H](CC(=O)COCCc2ccc(COc3cc(F)c([C@@H]4C5=C(C[C@@H](C)N4CC(C)(C)F)c4ccccc4C5)c(F)c3)nc2)C(C)(C)C)cc1. The van der Waals surface area contributed by atoms with Crippen molar-refractivity contribution in [2.24, 2.45) is 11.3 Å². The molecule has 2 aliphatic heterocycles. The molecule has 0 bridgehead atoms. The number of aromatic nitrogens is 2. The Morgan fingerprint density at radius 3 is 2.35 bits per heavy atom. The molecule has 5 atom stereocenters. The summed E-state index contributed by atoms with van der Waals surface area (Å²) in [5.74, 6) is -3.26. The number of Topliss-reactive ketones (excluding diaryl/α,β-unsaturated/α-hetero) is 1. The molecule has 11 nitrogen and oxygen atoms in total. The molecule has 8 rings (SSSR count). The molecule has 2 amide bonds. The number of likely N-dealkylation sites (tertiary alicyclic amines) is 1. The number of halogens is 3. The predicted octanol–water partition coefficient (Wildman–Crippen LogP) is 9.72. The summed E-state index contributed by atoms with van der Waals surface area (Å²) in [5.41, 5.74) is 7.89. The number of thiazole rings is 1. The molecule has 15 heteroatoms. The second kappa shape index (κ2) is 21.5. The molecule has 0 unspecified atom stereocenters. The maximum Gasteiger partial charge on any atom is 0.243 e. The van der Waals surface area contributed by atoms with Crippen molar-refractivity contribution in [3.63, 3.8) is 0 Å². The van der Waals surface area contributed by atoms with E-state index in [1.807, 2.05) is 99.6 Å². The Labute approximate surface area is 418 Å². The topological polar surface area (TPSA) is 134 Å². The highest BCUT2D eigenvalue weighted by Crippen LogP contribution is 2.50. The van der Waals surface area contributed by atoms with Gasteiger partial charge < -0.3 is 24.8 Å². The third-order valence-electron chi connectivity index (χ3n) is 13.9. The Balaban J connectivity index is 0.815. The van der Waals surface area contributed by atoms with Crippen LogP contribution in [0.25, 0.3) is 16.0 Å². The lowest BCUT2D eigenvalue weighted by molar-refractivity contribution is -0.146. The number of pyridine rings is 1. The molecule has 1 aliphatic carbocycles. The van der Waals surface area contributed by atoms with Crippen molar-refractivity contribution in [2.75, 3.05) is 26.3 Å². The maximum atomic E-state index is 16.2. The van der Waals surface area contributed by atoms with E-state index in [1.165, 1.54) is 30.9 Å². The van der Waals surface area contributed by atoms with E-state index >= 15 is 13.2 Å². The van der Waals surface area contributed by atoms with Crippen molar-refractivity contribution in [2.45, 2.75) is 124 Å². The second-order valence-electron chi connectivity index (χ2n) is 21.0. The van der Waals surface area contributed by atoms with Crippen LogP contribution in [0.2, 0.25) is 0 Å². The van der Waals surface area contributed by atoms with Crippen LogP contribution < -0.4 is 10.1 Å². The fraction of sp³-hybridized carbons (Fsp3) is 0.446. The minimum absolute atomic E-state index is 0.00297. The lowest BCUT2D eigenvalue weighted by Crippen LogP contribution is -2.50. The standard InChI is InChI=1S/C56H64F3N5O6S/c1-33-20-44-43-11-9-8-10-38(43)21-45(44)51(64(33)31-56(6,7)59)50-47(57)24-42(25-48(50)58)70-29-39-17-14-36(26-60-39)18-19-69-30-41(66)22-46(55(3,4)5)54(68)63-28-40(65)23-49(63)53(67)61-27-35-12-15-37(16-13-35)52-34(2)62-32-71-52/h8-17,24-26,32-33,40,46,49,51,65H,18-23,27-31H2,1-7H3,(H,61,67)/t33-,40-,46-,49+,51+/m1/s1. The van der Waals surface area contributed by atoms with Gasteiger partial charge in [-0.05, 0) is 97.4 Å². The smallest absolute Gasteiger partial charge is 0.243 e. The van der Waals surface area contributed by atoms with E-state index in [0.717, 1.165) is 49.5 Å². The van der Waals surface area contributed by atoms with E-state index in [2.05, 4.69) is 15.3 Å². The van der Waals surface area contributed by atoms with Crippen molar-refractivity contribution in [1.82, 2.24) is 25.1 Å². The predicted molar refractivity (Wildman–Crippen MR) is 268 cm³/mol. The molecule has 376 valence electrons. The van der Waals surface area contributed by atoms with Crippen molar-refractivity contribution in [1.29, 1.82) is 0 Å². The third-order valence-corrected chi connectivity index (χ3v) is 14.8. The number of carbonyl (C=O) groups is 3. The number of alkyl halides is 1. The van der Waals surface area contributed by atoms with Gasteiger partial charge in [-0.3, -0.25) is 24.3 Å². The van der Waals surface area contributed by atoms with Crippen LogP contribution in [0.1, 0.15) is 106 Å². The number of hydrogen-bond donors (Lipinski definition) is 2. The van der Waals surface area contributed by atoms with E-state index in [4.69, 9.17) is 9.47 Å². The van der Waals surface area contributed by atoms with Gasteiger partial charge in [-0.1, -0.05) is 75.4 Å². The number of β-amino-alcohol motifs (C(OH)–C–C–N with tert-alkyl or cyclic N) is 1. The molecule has 1 saturated heterocycles. The van der Waals surface area contributed by atoms with Gasteiger partial charge in [-0.15, -0.1) is 11.3 Å². The highest BCUT2D eigenvalue weighted by molar-refractivity contribution is 7.13. The molecule has 2 N–H and O–H groups in total. The highest BCUT2D eigenvalue weighted by Gasteiger charge is 2.45. The monoisotopic (exact) mass is 991 g/mol. The van der Waals surface area contributed by atoms with Crippen molar-refractivity contribution in [3.8, 4) is 16.2 Å². The summed E-state index contributed by atoms with van der Waals surface area (Å²) < 4.78 is 59.3. The first-order valence-corrected chi connectivity index (χ1v) is 25.3. The lowest BCUT2D eigenvalue weighted by atomic mass is 9.77. The number of hydrogen-bond acceptors (Lipinski definition) is 10. The summed E-state index contributed by atoms with van der Waals surface area (Å²) in [4.78, 5) is 54.1. The Morgan fingerprint density at radius 1 is 0.972 bits per heavy atom. The van der Waals surface area contributed by atoms with Crippen LogP contribution in [0.15, 0.2) is 90.1 Å². The summed E-state index contributed by atoms with van der Waals surface area (Å²) in [6.07, 6.45) is 2.43. The fourth-order valence-electron chi connectivity index (χ4n) is 10.2. The van der Waals surface area contributed by atoms with Crippen molar-refractivity contribution < 1.29 is 42.1 Å². The Bertz CT molecular complexity index is 2740. The fourth-order valence-corrected chi connectivity index (χ4v) is 11.0. The van der Waals surface area contributed by atoms with E-state index in [9.17, 15) is 19.5 Å². The van der Waals surface area contributed by atoms with Gasteiger partial charge in [0.2, 0.25) is 11.8 Å². The Hall–Kier alpha value is -5.74. The average molecular weight is 992 g/mol. The molecule has 1 fully saturated rings. The first-order chi connectivity index (χ1) is 33.7. The zero-order chi connectivity index (χ0) is 50.8. The molecule has 4 heterocycles. The van der Waals surface area contributed by atoms with Crippen LogP contribution in [-0.2, 0) is 45.1 Å². The summed E-state index contributed by atoms with van der Waals surface area (Å²) in [7, 11) is 0. The van der Waals surface area contributed by atoms with Crippen LogP contribution >= 0.6 is 11.3 Å². The number of fused-ring (bicyclic) bond motifs is 2. The van der Waals surface area contributed by atoms with E-state index < -0.39 is 46.8 Å². The first-order valence-electron chi connectivity index (χ1n) is 24.4. The largest absolute Gasteiger partial charge is 0.487 e. The van der Waals surface area contributed by atoms with Crippen LogP contribution in [0, 0.1) is 29.9 Å². The number of nitrogens with zero attached hydrogens (tertiary/aromatic N) is 4. The Morgan fingerprint density at radius 2 is 1.69 bits per heavy atom. The number of ketones is 1. The first kappa shape index (κ1) is 51.6. The summed E-state index contributed by atoms with van der Waals surface area (Å²) in [6, 6.07) is 20.0. The van der Waals surface area contributed by atoms with Gasteiger partial charge in [0, 0.05) is 68.3 Å². The van der Waals surface area contributed by atoms with Gasteiger partial charge in [-0.25, -0.2) is 18.2 Å². The number of aliphatic hydroxyl groups excluding tert-OH is 1.